The van der Waals surface area contributed by atoms with Gasteiger partial charge in [0, 0.05) is 12.1 Å². The average molecular weight is 299 g/mol. The van der Waals surface area contributed by atoms with Gasteiger partial charge < -0.3 is 10.1 Å². The average Bonchev–Trinajstić information content (AvgIpc) is 2.49. The maximum Gasteiger partial charge on any atom is 0.259 e. The highest BCUT2D eigenvalue weighted by Crippen LogP contribution is 2.24. The lowest BCUT2D eigenvalue weighted by molar-refractivity contribution is 0.102. The van der Waals surface area contributed by atoms with Crippen LogP contribution in [-0.4, -0.2) is 22.5 Å². The number of aryl methyl sites for hydroxylation is 1. The van der Waals surface area contributed by atoms with Crippen LogP contribution in [0.1, 0.15) is 48.6 Å². The lowest BCUT2D eigenvalue weighted by atomic mass is 10.1. The van der Waals surface area contributed by atoms with E-state index in [-0.39, 0.29) is 11.8 Å². The Hall–Kier alpha value is -2.43. The van der Waals surface area contributed by atoms with Crippen LogP contribution >= 0.6 is 0 Å². The molecule has 0 saturated heterocycles. The van der Waals surface area contributed by atoms with Crippen LogP contribution in [0.3, 0.4) is 0 Å². The van der Waals surface area contributed by atoms with Crippen molar-refractivity contribution < 1.29 is 9.53 Å². The lowest BCUT2D eigenvalue weighted by Crippen LogP contribution is -2.16. The van der Waals surface area contributed by atoms with Crippen molar-refractivity contribution in [3.8, 4) is 5.75 Å². The van der Waals surface area contributed by atoms with E-state index >= 15 is 0 Å². The molecule has 0 atom stereocenters. The van der Waals surface area contributed by atoms with Gasteiger partial charge in [-0.3, -0.25) is 4.79 Å². The monoisotopic (exact) mass is 299 g/mol. The number of amides is 1. The Bertz CT molecular complexity index is 669. The molecule has 0 aliphatic rings. The van der Waals surface area contributed by atoms with E-state index < -0.39 is 0 Å². The molecule has 0 aliphatic heterocycles. The normalized spacial score (nSPS) is 10.6. The predicted octanol–water partition coefficient (Wildman–Crippen LogP) is 3.56. The van der Waals surface area contributed by atoms with Crippen molar-refractivity contribution in [2.75, 3.05) is 11.9 Å². The SMILES string of the molecule is CCOc1ccccc1NC(=O)c1cnc(C(C)C)nc1C. The Labute approximate surface area is 130 Å². The molecule has 1 heterocycles. The van der Waals surface area contributed by atoms with Gasteiger partial charge in [0.1, 0.15) is 11.6 Å². The van der Waals surface area contributed by atoms with Gasteiger partial charge in [-0.15, -0.1) is 0 Å². The topological polar surface area (TPSA) is 64.1 Å². The zero-order valence-corrected chi connectivity index (χ0v) is 13.4. The standard InChI is InChI=1S/C17H21N3O2/c1-5-22-15-9-7-6-8-14(15)20-17(21)13-10-18-16(11(2)3)19-12(13)4/h6-11H,5H2,1-4H3,(H,20,21). The van der Waals surface area contributed by atoms with Crippen LogP contribution in [-0.2, 0) is 0 Å². The summed E-state index contributed by atoms with van der Waals surface area (Å²) in [6.07, 6.45) is 1.58. The van der Waals surface area contributed by atoms with Crippen molar-refractivity contribution in [1.29, 1.82) is 0 Å². The van der Waals surface area contributed by atoms with E-state index in [4.69, 9.17) is 4.74 Å². The van der Waals surface area contributed by atoms with E-state index in [0.29, 0.717) is 29.3 Å². The summed E-state index contributed by atoms with van der Waals surface area (Å²) in [4.78, 5) is 21.1. The Morgan fingerprint density at radius 1 is 1.32 bits per heavy atom. The summed E-state index contributed by atoms with van der Waals surface area (Å²) in [6, 6.07) is 7.35. The Kier molecular flexibility index (Phi) is 5.09. The van der Waals surface area contributed by atoms with E-state index in [1.165, 1.54) is 0 Å². The number of anilines is 1. The Morgan fingerprint density at radius 3 is 2.68 bits per heavy atom. The maximum atomic E-state index is 12.4. The molecule has 1 aromatic heterocycles. The molecule has 2 rings (SSSR count). The third-order valence-corrected chi connectivity index (χ3v) is 3.19. The fraction of sp³-hybridized carbons (Fsp3) is 0.353. The predicted molar refractivity (Wildman–Crippen MR) is 86.4 cm³/mol. The Balaban J connectivity index is 2.23. The van der Waals surface area contributed by atoms with Crippen LogP contribution in [0.5, 0.6) is 5.75 Å². The van der Waals surface area contributed by atoms with Crippen molar-refractivity contribution >= 4 is 11.6 Å². The molecule has 5 heteroatoms. The minimum absolute atomic E-state index is 0.231. The Morgan fingerprint density at radius 2 is 2.05 bits per heavy atom. The zero-order valence-electron chi connectivity index (χ0n) is 13.4. The van der Waals surface area contributed by atoms with E-state index in [1.807, 2.05) is 52.0 Å². The number of hydrogen-bond donors (Lipinski definition) is 1. The van der Waals surface area contributed by atoms with Gasteiger partial charge in [0.25, 0.3) is 5.91 Å². The fourth-order valence-corrected chi connectivity index (χ4v) is 2.03. The van der Waals surface area contributed by atoms with E-state index in [0.717, 1.165) is 5.82 Å². The molecule has 2 aromatic rings. The molecule has 22 heavy (non-hydrogen) atoms. The number of hydrogen-bond acceptors (Lipinski definition) is 4. The van der Waals surface area contributed by atoms with Gasteiger partial charge in [0.15, 0.2) is 0 Å². The highest BCUT2D eigenvalue weighted by Gasteiger charge is 2.15. The summed E-state index contributed by atoms with van der Waals surface area (Å²) in [5.41, 5.74) is 1.78. The first-order chi connectivity index (χ1) is 10.5. The molecule has 0 aliphatic carbocycles. The van der Waals surface area contributed by atoms with Crippen LogP contribution in [0.2, 0.25) is 0 Å². The lowest BCUT2D eigenvalue weighted by Gasteiger charge is -2.12. The number of nitrogens with one attached hydrogen (secondary N) is 1. The van der Waals surface area contributed by atoms with Crippen molar-refractivity contribution in [2.45, 2.75) is 33.6 Å². The number of nitrogens with zero attached hydrogens (tertiary/aromatic N) is 2. The van der Waals surface area contributed by atoms with Gasteiger partial charge in [-0.2, -0.15) is 0 Å². The summed E-state index contributed by atoms with van der Waals surface area (Å²) in [5, 5.41) is 2.86. The van der Waals surface area contributed by atoms with Gasteiger partial charge in [-0.05, 0) is 26.0 Å². The van der Waals surface area contributed by atoms with Gasteiger partial charge in [0.05, 0.1) is 23.6 Å². The molecule has 0 unspecified atom stereocenters. The highest BCUT2D eigenvalue weighted by molar-refractivity contribution is 6.05. The summed E-state index contributed by atoms with van der Waals surface area (Å²) >= 11 is 0. The largest absolute Gasteiger partial charge is 0.492 e. The van der Waals surface area contributed by atoms with Crippen molar-refractivity contribution in [3.63, 3.8) is 0 Å². The van der Waals surface area contributed by atoms with Crippen molar-refractivity contribution in [1.82, 2.24) is 9.97 Å². The number of ether oxygens (including phenoxy) is 1. The van der Waals surface area contributed by atoms with Crippen molar-refractivity contribution in [3.05, 3.63) is 47.5 Å². The molecule has 0 spiro atoms. The molecule has 5 nitrogen and oxygen atoms in total. The first kappa shape index (κ1) is 15.9. The number of benzene rings is 1. The second-order valence-electron chi connectivity index (χ2n) is 5.27. The molecule has 0 saturated carbocycles. The highest BCUT2D eigenvalue weighted by atomic mass is 16.5. The van der Waals surface area contributed by atoms with Crippen molar-refractivity contribution in [2.24, 2.45) is 0 Å². The van der Waals surface area contributed by atoms with Crippen LogP contribution in [0.4, 0.5) is 5.69 Å². The molecule has 116 valence electrons. The fourth-order valence-electron chi connectivity index (χ4n) is 2.03. The van der Waals surface area contributed by atoms with Crippen LogP contribution in [0, 0.1) is 6.92 Å². The molecule has 1 amide bonds. The molecule has 1 aromatic carbocycles. The first-order valence-corrected chi connectivity index (χ1v) is 7.39. The molecule has 0 bridgehead atoms. The van der Waals surface area contributed by atoms with Crippen LogP contribution in [0.15, 0.2) is 30.5 Å². The molecular weight excluding hydrogens is 278 g/mol. The number of para-hydroxylation sites is 2. The van der Waals surface area contributed by atoms with E-state index in [1.54, 1.807) is 6.20 Å². The first-order valence-electron chi connectivity index (χ1n) is 7.39. The second kappa shape index (κ2) is 7.02. The van der Waals surface area contributed by atoms with E-state index in [9.17, 15) is 4.79 Å². The second-order valence-corrected chi connectivity index (χ2v) is 5.27. The number of carbonyl (C=O) groups excluding carboxylic acids is 1. The minimum Gasteiger partial charge on any atom is -0.492 e. The van der Waals surface area contributed by atoms with Gasteiger partial charge in [-0.25, -0.2) is 9.97 Å². The summed E-state index contributed by atoms with van der Waals surface area (Å²) in [7, 11) is 0. The molecule has 1 N–H and O–H groups in total. The van der Waals surface area contributed by atoms with Crippen LogP contribution < -0.4 is 10.1 Å². The number of carbonyl (C=O) groups is 1. The summed E-state index contributed by atoms with van der Waals surface area (Å²) < 4.78 is 5.51. The quantitative estimate of drug-likeness (QED) is 0.917. The number of rotatable bonds is 5. The van der Waals surface area contributed by atoms with Crippen LogP contribution in [0.25, 0.3) is 0 Å². The summed E-state index contributed by atoms with van der Waals surface area (Å²) in [5.74, 6) is 1.38. The third-order valence-electron chi connectivity index (χ3n) is 3.19. The van der Waals surface area contributed by atoms with Gasteiger partial charge in [0.2, 0.25) is 0 Å². The number of aromatic nitrogens is 2. The van der Waals surface area contributed by atoms with E-state index in [2.05, 4.69) is 15.3 Å². The van der Waals surface area contributed by atoms with Gasteiger partial charge >= 0.3 is 0 Å². The smallest absolute Gasteiger partial charge is 0.259 e. The molecular formula is C17H21N3O2. The zero-order chi connectivity index (χ0) is 16.1. The van der Waals surface area contributed by atoms with Gasteiger partial charge in [-0.1, -0.05) is 26.0 Å². The third kappa shape index (κ3) is 3.61. The molecule has 0 fully saturated rings. The summed E-state index contributed by atoms with van der Waals surface area (Å²) in [6.45, 7) is 8.30. The molecule has 0 radical (unpaired) electrons. The minimum atomic E-state index is -0.236. The maximum absolute atomic E-state index is 12.4.